The van der Waals surface area contributed by atoms with E-state index in [-0.39, 0.29) is 0 Å². The van der Waals surface area contributed by atoms with E-state index in [1.54, 1.807) is 12.7 Å². The minimum absolute atomic E-state index is 0.437. The van der Waals surface area contributed by atoms with Crippen molar-refractivity contribution < 1.29 is 0 Å². The fraction of sp³-hybridized carbons (Fsp3) is 0.273. The van der Waals surface area contributed by atoms with Gasteiger partial charge >= 0.3 is 0 Å². The summed E-state index contributed by atoms with van der Waals surface area (Å²) in [6.45, 7) is 4.25. The first-order chi connectivity index (χ1) is 7.18. The molecule has 3 nitrogen and oxygen atoms in total. The van der Waals surface area contributed by atoms with Crippen molar-refractivity contribution in [1.29, 1.82) is 0 Å². The molecule has 0 fully saturated rings. The Bertz CT molecular complexity index is 449. The summed E-state index contributed by atoms with van der Waals surface area (Å²) in [5.74, 6) is 0.437. The van der Waals surface area contributed by atoms with Crippen molar-refractivity contribution in [2.24, 2.45) is 0 Å². The van der Waals surface area contributed by atoms with E-state index < -0.39 is 0 Å². The zero-order valence-electron chi connectivity index (χ0n) is 8.68. The largest absolute Gasteiger partial charge is 0.288 e. The molecule has 0 unspecified atom stereocenters. The van der Waals surface area contributed by atoms with Crippen LogP contribution in [0.25, 0.3) is 5.69 Å². The van der Waals surface area contributed by atoms with E-state index in [0.717, 1.165) is 16.3 Å². The molecule has 78 valence electrons. The molecule has 0 saturated carbocycles. The van der Waals surface area contributed by atoms with Crippen molar-refractivity contribution in [1.82, 2.24) is 14.8 Å². The van der Waals surface area contributed by atoms with Crippen LogP contribution in [0.4, 0.5) is 0 Å². The van der Waals surface area contributed by atoms with Gasteiger partial charge in [0.1, 0.15) is 12.7 Å². The molecular weight excluding hydrogens is 210 g/mol. The maximum Gasteiger partial charge on any atom is 0.123 e. The van der Waals surface area contributed by atoms with Crippen LogP contribution in [0.1, 0.15) is 25.3 Å². The SMILES string of the molecule is CC(C)c1ccc(-n2cnnc2)cc1Cl. The first kappa shape index (κ1) is 10.2. The molecule has 0 N–H and O–H groups in total. The van der Waals surface area contributed by atoms with Crippen molar-refractivity contribution in [3.63, 3.8) is 0 Å². The Morgan fingerprint density at radius 3 is 2.40 bits per heavy atom. The summed E-state index contributed by atoms with van der Waals surface area (Å²) in [5, 5.41) is 8.30. The Kier molecular flexibility index (Phi) is 2.73. The molecule has 2 aromatic rings. The molecule has 0 aliphatic rings. The molecule has 1 aromatic carbocycles. The number of halogens is 1. The van der Waals surface area contributed by atoms with Gasteiger partial charge < -0.3 is 0 Å². The zero-order valence-corrected chi connectivity index (χ0v) is 9.44. The van der Waals surface area contributed by atoms with Crippen LogP contribution in [0, 0.1) is 0 Å². The maximum absolute atomic E-state index is 6.19. The van der Waals surface area contributed by atoms with Crippen LogP contribution in [-0.2, 0) is 0 Å². The van der Waals surface area contributed by atoms with Crippen molar-refractivity contribution >= 4 is 11.6 Å². The van der Waals surface area contributed by atoms with Crippen LogP contribution in [0.3, 0.4) is 0 Å². The second kappa shape index (κ2) is 4.03. The Labute approximate surface area is 93.7 Å². The van der Waals surface area contributed by atoms with Gasteiger partial charge in [-0.15, -0.1) is 10.2 Å². The van der Waals surface area contributed by atoms with E-state index >= 15 is 0 Å². The van der Waals surface area contributed by atoms with Gasteiger partial charge in [-0.25, -0.2) is 0 Å². The Balaban J connectivity index is 2.42. The monoisotopic (exact) mass is 221 g/mol. The zero-order chi connectivity index (χ0) is 10.8. The molecule has 0 bridgehead atoms. The first-order valence-corrected chi connectivity index (χ1v) is 5.20. The first-order valence-electron chi connectivity index (χ1n) is 4.83. The molecule has 0 aliphatic carbocycles. The topological polar surface area (TPSA) is 30.7 Å². The van der Waals surface area contributed by atoms with Crippen LogP contribution < -0.4 is 0 Å². The maximum atomic E-state index is 6.19. The van der Waals surface area contributed by atoms with Crippen LogP contribution in [0.5, 0.6) is 0 Å². The Hall–Kier alpha value is -1.35. The summed E-state index contributed by atoms with van der Waals surface area (Å²) >= 11 is 6.19. The Morgan fingerprint density at radius 2 is 1.87 bits per heavy atom. The lowest BCUT2D eigenvalue weighted by atomic mass is 10.0. The smallest absolute Gasteiger partial charge is 0.123 e. The lowest BCUT2D eigenvalue weighted by Gasteiger charge is -2.09. The number of rotatable bonds is 2. The van der Waals surface area contributed by atoms with E-state index in [1.807, 2.05) is 22.8 Å². The van der Waals surface area contributed by atoms with Crippen molar-refractivity contribution in [3.05, 3.63) is 41.4 Å². The number of benzene rings is 1. The fourth-order valence-electron chi connectivity index (χ4n) is 1.48. The molecule has 0 radical (unpaired) electrons. The second-order valence-electron chi connectivity index (χ2n) is 3.73. The summed E-state index contributed by atoms with van der Waals surface area (Å²) < 4.78 is 1.83. The van der Waals surface area contributed by atoms with Gasteiger partial charge in [0.15, 0.2) is 0 Å². The highest BCUT2D eigenvalue weighted by Crippen LogP contribution is 2.26. The lowest BCUT2D eigenvalue weighted by Crippen LogP contribution is -1.94. The molecule has 2 rings (SSSR count). The van der Waals surface area contributed by atoms with E-state index in [4.69, 9.17) is 11.6 Å². The van der Waals surface area contributed by atoms with Crippen LogP contribution in [0.15, 0.2) is 30.9 Å². The number of aromatic nitrogens is 3. The molecule has 0 saturated heterocycles. The second-order valence-corrected chi connectivity index (χ2v) is 4.14. The molecule has 0 aliphatic heterocycles. The number of nitrogens with zero attached hydrogens (tertiary/aromatic N) is 3. The van der Waals surface area contributed by atoms with E-state index in [1.165, 1.54) is 0 Å². The van der Waals surface area contributed by atoms with Crippen molar-refractivity contribution in [2.75, 3.05) is 0 Å². The third-order valence-electron chi connectivity index (χ3n) is 2.32. The summed E-state index contributed by atoms with van der Waals surface area (Å²) in [6, 6.07) is 5.99. The predicted molar refractivity (Wildman–Crippen MR) is 60.5 cm³/mol. The third kappa shape index (κ3) is 2.02. The molecule has 1 heterocycles. The minimum atomic E-state index is 0.437. The van der Waals surface area contributed by atoms with Gasteiger partial charge in [0.2, 0.25) is 0 Å². The average molecular weight is 222 g/mol. The standard InChI is InChI=1S/C11H12ClN3/c1-8(2)10-4-3-9(5-11(10)12)15-6-13-14-7-15/h3-8H,1-2H3. The summed E-state index contributed by atoms with van der Waals surface area (Å²) in [4.78, 5) is 0. The Morgan fingerprint density at radius 1 is 1.20 bits per heavy atom. The molecule has 4 heteroatoms. The van der Waals surface area contributed by atoms with E-state index in [2.05, 4.69) is 24.0 Å². The molecule has 0 atom stereocenters. The van der Waals surface area contributed by atoms with Gasteiger partial charge in [0.05, 0.1) is 0 Å². The number of hydrogen-bond acceptors (Lipinski definition) is 2. The van der Waals surface area contributed by atoms with E-state index in [9.17, 15) is 0 Å². The quantitative estimate of drug-likeness (QED) is 0.781. The van der Waals surface area contributed by atoms with Gasteiger partial charge in [-0.2, -0.15) is 0 Å². The molecule has 1 aromatic heterocycles. The highest BCUT2D eigenvalue weighted by atomic mass is 35.5. The summed E-state index contributed by atoms with van der Waals surface area (Å²) in [7, 11) is 0. The van der Waals surface area contributed by atoms with Gasteiger partial charge in [-0.3, -0.25) is 4.57 Å². The summed E-state index contributed by atoms with van der Waals surface area (Å²) in [6.07, 6.45) is 3.31. The van der Waals surface area contributed by atoms with Crippen LogP contribution >= 0.6 is 11.6 Å². The highest BCUT2D eigenvalue weighted by Gasteiger charge is 2.06. The fourth-order valence-corrected chi connectivity index (χ4v) is 1.87. The van der Waals surface area contributed by atoms with Crippen LogP contribution in [-0.4, -0.2) is 14.8 Å². The molecule has 0 amide bonds. The van der Waals surface area contributed by atoms with Crippen LogP contribution in [0.2, 0.25) is 5.02 Å². The van der Waals surface area contributed by atoms with Crippen molar-refractivity contribution in [2.45, 2.75) is 19.8 Å². The molecule has 15 heavy (non-hydrogen) atoms. The molecule has 0 spiro atoms. The van der Waals surface area contributed by atoms with Gasteiger partial charge in [0, 0.05) is 10.7 Å². The molecular formula is C11H12ClN3. The number of hydrogen-bond donors (Lipinski definition) is 0. The summed E-state index contributed by atoms with van der Waals surface area (Å²) in [5.41, 5.74) is 2.14. The normalized spacial score (nSPS) is 10.9. The minimum Gasteiger partial charge on any atom is -0.288 e. The average Bonchev–Trinajstić information content (AvgIpc) is 2.69. The third-order valence-corrected chi connectivity index (χ3v) is 2.65. The van der Waals surface area contributed by atoms with Gasteiger partial charge in [0.25, 0.3) is 0 Å². The lowest BCUT2D eigenvalue weighted by molar-refractivity contribution is 0.865. The van der Waals surface area contributed by atoms with Crippen molar-refractivity contribution in [3.8, 4) is 5.69 Å². The highest BCUT2D eigenvalue weighted by molar-refractivity contribution is 6.31. The van der Waals surface area contributed by atoms with Gasteiger partial charge in [-0.05, 0) is 23.6 Å². The van der Waals surface area contributed by atoms with E-state index in [0.29, 0.717) is 5.92 Å². The predicted octanol–water partition coefficient (Wildman–Crippen LogP) is 3.04. The van der Waals surface area contributed by atoms with Gasteiger partial charge in [-0.1, -0.05) is 31.5 Å².